The maximum absolute atomic E-state index is 13.5. The average Bonchev–Trinajstić information content (AvgIpc) is 3.21. The summed E-state index contributed by atoms with van der Waals surface area (Å²) in [5.74, 6) is 1.74. The second-order valence-electron chi connectivity index (χ2n) is 6.97. The molecule has 0 N–H and O–H groups in total. The second-order valence-corrected chi connectivity index (χ2v) is 6.97. The molecule has 3 heterocycles. The maximum atomic E-state index is 13.5. The minimum absolute atomic E-state index is 0.0656. The van der Waals surface area contributed by atoms with Gasteiger partial charge in [-0.15, -0.1) is 0 Å². The van der Waals surface area contributed by atoms with Crippen molar-refractivity contribution in [3.05, 3.63) is 78.2 Å². The molecule has 0 spiro atoms. The number of nitrogens with zero attached hydrogens (tertiary/aromatic N) is 3. The molecule has 1 aromatic heterocycles. The monoisotopic (exact) mass is 373 g/mol. The molecule has 0 radical (unpaired) electrons. The molecule has 2 aromatic carbocycles. The molecule has 6 heteroatoms. The first-order valence-electron chi connectivity index (χ1n) is 9.37. The molecule has 0 unspecified atom stereocenters. The number of hydrogen-bond acceptors (Lipinski definition) is 5. The Balaban J connectivity index is 1.40. The third-order valence-electron chi connectivity index (χ3n) is 5.23. The summed E-state index contributed by atoms with van der Waals surface area (Å²) in [6, 6.07) is 17.2. The fourth-order valence-electron chi connectivity index (χ4n) is 3.90. The lowest BCUT2D eigenvalue weighted by Gasteiger charge is -2.30. The molecule has 1 fully saturated rings. The van der Waals surface area contributed by atoms with E-state index in [9.17, 15) is 4.79 Å². The van der Waals surface area contributed by atoms with Gasteiger partial charge in [-0.1, -0.05) is 36.4 Å². The number of fused-ring (bicyclic) bond motifs is 2. The Morgan fingerprint density at radius 1 is 1.04 bits per heavy atom. The molecule has 6 nitrogen and oxygen atoms in total. The summed E-state index contributed by atoms with van der Waals surface area (Å²) in [5.41, 5.74) is 1.82. The number of para-hydroxylation sites is 2. The van der Waals surface area contributed by atoms with Crippen molar-refractivity contribution < 1.29 is 14.3 Å². The van der Waals surface area contributed by atoms with Gasteiger partial charge < -0.3 is 14.4 Å². The zero-order valence-corrected chi connectivity index (χ0v) is 15.2. The number of benzene rings is 2. The minimum Gasteiger partial charge on any atom is -0.472 e. The molecule has 1 atom stereocenters. The SMILES string of the molecule is O=C(C1c2ccccc2Oc2ccccc21)N1CC[C@@H](Oc2ccncn2)C1. The first-order valence-corrected chi connectivity index (χ1v) is 9.37. The van der Waals surface area contributed by atoms with E-state index >= 15 is 0 Å². The fourth-order valence-corrected chi connectivity index (χ4v) is 3.90. The van der Waals surface area contributed by atoms with Crippen LogP contribution in [0.4, 0.5) is 0 Å². The standard InChI is InChI=1S/C22H19N3O3/c26-22(25-12-10-15(13-25)27-20-9-11-23-14-24-20)21-16-5-1-3-7-18(16)28-19-8-4-2-6-17(19)21/h1-9,11,14-15,21H,10,12-13H2/t15-/m1/s1. The van der Waals surface area contributed by atoms with Crippen LogP contribution in [0.5, 0.6) is 17.4 Å². The molecule has 3 aromatic rings. The lowest BCUT2D eigenvalue weighted by molar-refractivity contribution is -0.131. The fraction of sp³-hybridized carbons (Fsp3) is 0.227. The van der Waals surface area contributed by atoms with Crippen LogP contribution < -0.4 is 9.47 Å². The third-order valence-corrected chi connectivity index (χ3v) is 5.23. The van der Waals surface area contributed by atoms with E-state index in [4.69, 9.17) is 9.47 Å². The van der Waals surface area contributed by atoms with Gasteiger partial charge >= 0.3 is 0 Å². The molecule has 0 saturated carbocycles. The average molecular weight is 373 g/mol. The number of amides is 1. The summed E-state index contributed by atoms with van der Waals surface area (Å²) in [6.45, 7) is 1.21. The molecule has 0 aliphatic carbocycles. The Hall–Kier alpha value is -3.41. The van der Waals surface area contributed by atoms with Crippen LogP contribution >= 0.6 is 0 Å². The Bertz CT molecular complexity index is 963. The smallest absolute Gasteiger partial charge is 0.234 e. The van der Waals surface area contributed by atoms with E-state index in [0.29, 0.717) is 19.0 Å². The summed E-state index contributed by atoms with van der Waals surface area (Å²) >= 11 is 0. The molecule has 1 amide bonds. The number of hydrogen-bond donors (Lipinski definition) is 0. The van der Waals surface area contributed by atoms with E-state index in [1.165, 1.54) is 6.33 Å². The highest BCUT2D eigenvalue weighted by atomic mass is 16.5. The second kappa shape index (κ2) is 6.96. The highest BCUT2D eigenvalue weighted by Crippen LogP contribution is 2.44. The quantitative estimate of drug-likeness (QED) is 0.704. The van der Waals surface area contributed by atoms with Crippen LogP contribution in [0.15, 0.2) is 67.1 Å². The van der Waals surface area contributed by atoms with Crippen molar-refractivity contribution in [3.63, 3.8) is 0 Å². The van der Waals surface area contributed by atoms with E-state index in [0.717, 1.165) is 29.0 Å². The zero-order chi connectivity index (χ0) is 18.9. The highest BCUT2D eigenvalue weighted by molar-refractivity contribution is 5.90. The first kappa shape index (κ1) is 16.7. The normalized spacial score (nSPS) is 18.1. The van der Waals surface area contributed by atoms with Crippen molar-refractivity contribution >= 4 is 5.91 Å². The largest absolute Gasteiger partial charge is 0.472 e. The number of carbonyl (C=O) groups is 1. The predicted octanol–water partition coefficient (Wildman–Crippen LogP) is 3.39. The van der Waals surface area contributed by atoms with Gasteiger partial charge in [-0.05, 0) is 12.1 Å². The molecule has 140 valence electrons. The van der Waals surface area contributed by atoms with Gasteiger partial charge in [-0.25, -0.2) is 9.97 Å². The van der Waals surface area contributed by atoms with Gasteiger partial charge in [0.05, 0.1) is 12.5 Å². The summed E-state index contributed by atoms with van der Waals surface area (Å²) in [6.07, 6.45) is 3.82. The highest BCUT2D eigenvalue weighted by Gasteiger charge is 2.38. The maximum Gasteiger partial charge on any atom is 0.234 e. The molecule has 28 heavy (non-hydrogen) atoms. The van der Waals surface area contributed by atoms with Crippen LogP contribution in [0.1, 0.15) is 23.5 Å². The molecule has 0 bridgehead atoms. The number of aromatic nitrogens is 2. The van der Waals surface area contributed by atoms with Crippen molar-refractivity contribution in [2.24, 2.45) is 0 Å². The minimum atomic E-state index is -0.362. The van der Waals surface area contributed by atoms with Crippen molar-refractivity contribution in [1.29, 1.82) is 0 Å². The Kier molecular flexibility index (Phi) is 4.16. The number of rotatable bonds is 3. The molecular weight excluding hydrogens is 354 g/mol. The van der Waals surface area contributed by atoms with Crippen LogP contribution in [0, 0.1) is 0 Å². The van der Waals surface area contributed by atoms with Crippen molar-refractivity contribution in [2.45, 2.75) is 18.4 Å². The van der Waals surface area contributed by atoms with E-state index in [2.05, 4.69) is 9.97 Å². The van der Waals surface area contributed by atoms with E-state index in [1.54, 1.807) is 12.3 Å². The summed E-state index contributed by atoms with van der Waals surface area (Å²) < 4.78 is 11.9. The first-order chi connectivity index (χ1) is 13.8. The molecule has 5 rings (SSSR count). The van der Waals surface area contributed by atoms with Crippen LogP contribution in [-0.4, -0.2) is 40.0 Å². The Morgan fingerprint density at radius 2 is 1.75 bits per heavy atom. The van der Waals surface area contributed by atoms with Gasteiger partial charge in [0.15, 0.2) is 0 Å². The summed E-state index contributed by atoms with van der Waals surface area (Å²) in [4.78, 5) is 23.4. The van der Waals surface area contributed by atoms with E-state index in [-0.39, 0.29) is 17.9 Å². The van der Waals surface area contributed by atoms with E-state index in [1.807, 2.05) is 53.4 Å². The van der Waals surface area contributed by atoms with Crippen LogP contribution in [0.3, 0.4) is 0 Å². The summed E-state index contributed by atoms with van der Waals surface area (Å²) in [5, 5.41) is 0. The number of ether oxygens (including phenoxy) is 2. The van der Waals surface area contributed by atoms with Gasteiger partial charge in [0.2, 0.25) is 11.8 Å². The van der Waals surface area contributed by atoms with E-state index < -0.39 is 0 Å². The number of carbonyl (C=O) groups excluding carboxylic acids is 1. The molecule has 1 saturated heterocycles. The molecule has 2 aliphatic heterocycles. The van der Waals surface area contributed by atoms with Crippen LogP contribution in [0.2, 0.25) is 0 Å². The van der Waals surface area contributed by atoms with Crippen LogP contribution in [0.25, 0.3) is 0 Å². The van der Waals surface area contributed by atoms with Crippen molar-refractivity contribution in [1.82, 2.24) is 14.9 Å². The lowest BCUT2D eigenvalue weighted by atomic mass is 9.87. The molecular formula is C22H19N3O3. The van der Waals surface area contributed by atoms with Crippen LogP contribution in [-0.2, 0) is 4.79 Å². The lowest BCUT2D eigenvalue weighted by Crippen LogP contribution is -2.36. The van der Waals surface area contributed by atoms with Gasteiger partial charge in [-0.2, -0.15) is 0 Å². The Morgan fingerprint density at radius 3 is 2.43 bits per heavy atom. The zero-order valence-electron chi connectivity index (χ0n) is 15.2. The Labute approximate surface area is 162 Å². The number of likely N-dealkylation sites (tertiary alicyclic amines) is 1. The van der Waals surface area contributed by atoms with Gasteiger partial charge in [0.25, 0.3) is 0 Å². The van der Waals surface area contributed by atoms with Gasteiger partial charge in [0.1, 0.15) is 23.9 Å². The molecule has 2 aliphatic rings. The summed E-state index contributed by atoms with van der Waals surface area (Å²) in [7, 11) is 0. The van der Waals surface area contributed by atoms with Crippen molar-refractivity contribution in [3.8, 4) is 17.4 Å². The topological polar surface area (TPSA) is 64.5 Å². The van der Waals surface area contributed by atoms with Gasteiger partial charge in [0, 0.05) is 36.4 Å². The van der Waals surface area contributed by atoms with Gasteiger partial charge in [-0.3, -0.25) is 4.79 Å². The van der Waals surface area contributed by atoms with Crippen molar-refractivity contribution in [2.75, 3.05) is 13.1 Å². The predicted molar refractivity (Wildman–Crippen MR) is 102 cm³/mol. The third kappa shape index (κ3) is 2.97.